The molecule has 0 saturated carbocycles. The van der Waals surface area contributed by atoms with E-state index in [1.54, 1.807) is 58.0 Å². The standard InChI is InChI=1S/C34H38O8/c1-21(2)31(35)39-16-8-7-10-26-20-30-27(18-25(26)11-9-17-40-32(36)22(3)4)19-29(34(38)42-30)24-12-14-28(15-13-24)41-33(37)23(5)6/h12-15,18-21H,3,5,7-11,16-17H2,1-2,4,6H3. The van der Waals surface area contributed by atoms with Crippen molar-refractivity contribution in [1.82, 2.24) is 0 Å². The van der Waals surface area contributed by atoms with E-state index in [0.29, 0.717) is 60.3 Å². The van der Waals surface area contributed by atoms with Crippen LogP contribution in [0.2, 0.25) is 0 Å². The average Bonchev–Trinajstić information content (AvgIpc) is 2.94. The van der Waals surface area contributed by atoms with E-state index in [1.165, 1.54) is 0 Å². The average molecular weight is 575 g/mol. The molecule has 8 nitrogen and oxygen atoms in total. The van der Waals surface area contributed by atoms with Gasteiger partial charge in [-0.25, -0.2) is 14.4 Å². The number of fused-ring (bicyclic) bond motifs is 1. The second-order valence-electron chi connectivity index (χ2n) is 10.6. The van der Waals surface area contributed by atoms with Crippen LogP contribution in [-0.2, 0) is 36.7 Å². The monoisotopic (exact) mass is 574 g/mol. The van der Waals surface area contributed by atoms with E-state index in [-0.39, 0.29) is 24.1 Å². The Labute approximate surface area is 246 Å². The van der Waals surface area contributed by atoms with E-state index in [4.69, 9.17) is 18.6 Å². The summed E-state index contributed by atoms with van der Waals surface area (Å²) >= 11 is 0. The summed E-state index contributed by atoms with van der Waals surface area (Å²) in [5.74, 6) is -0.986. The largest absolute Gasteiger partial charge is 0.465 e. The molecular formula is C34H38O8. The highest BCUT2D eigenvalue weighted by atomic mass is 16.5. The van der Waals surface area contributed by atoms with Crippen molar-refractivity contribution in [3.05, 3.63) is 88.3 Å². The van der Waals surface area contributed by atoms with Gasteiger partial charge < -0.3 is 18.6 Å². The Morgan fingerprint density at radius 3 is 2.07 bits per heavy atom. The molecule has 1 aromatic heterocycles. The van der Waals surface area contributed by atoms with Gasteiger partial charge in [0.2, 0.25) is 0 Å². The Hall–Kier alpha value is -4.46. The molecule has 0 unspecified atom stereocenters. The van der Waals surface area contributed by atoms with Crippen LogP contribution < -0.4 is 10.4 Å². The summed E-state index contributed by atoms with van der Waals surface area (Å²) in [7, 11) is 0. The molecular weight excluding hydrogens is 536 g/mol. The van der Waals surface area contributed by atoms with Gasteiger partial charge in [-0.05, 0) is 93.0 Å². The topological polar surface area (TPSA) is 109 Å². The van der Waals surface area contributed by atoms with Crippen LogP contribution in [0.1, 0.15) is 58.1 Å². The number of hydrogen-bond donors (Lipinski definition) is 0. The summed E-state index contributed by atoms with van der Waals surface area (Å²) < 4.78 is 21.5. The number of hydrogen-bond acceptors (Lipinski definition) is 8. The molecule has 0 spiro atoms. The minimum atomic E-state index is -0.526. The lowest BCUT2D eigenvalue weighted by atomic mass is 9.95. The molecule has 3 rings (SSSR count). The molecule has 0 saturated heterocycles. The Morgan fingerprint density at radius 1 is 0.810 bits per heavy atom. The highest BCUT2D eigenvalue weighted by molar-refractivity contribution is 5.89. The first-order valence-electron chi connectivity index (χ1n) is 14.0. The molecule has 2 aromatic carbocycles. The molecule has 0 aliphatic carbocycles. The fraction of sp³-hybridized carbons (Fsp3) is 0.353. The minimum Gasteiger partial charge on any atom is -0.465 e. The van der Waals surface area contributed by atoms with Crippen molar-refractivity contribution >= 4 is 28.9 Å². The first-order valence-corrected chi connectivity index (χ1v) is 14.0. The summed E-state index contributed by atoms with van der Waals surface area (Å²) in [5.41, 5.74) is 3.68. The Bertz CT molecular complexity index is 1530. The summed E-state index contributed by atoms with van der Waals surface area (Å²) in [6.07, 6.45) is 3.43. The maximum Gasteiger partial charge on any atom is 0.344 e. The first kappa shape index (κ1) is 32.1. The number of benzene rings is 2. The van der Waals surface area contributed by atoms with Crippen LogP contribution in [0.3, 0.4) is 0 Å². The van der Waals surface area contributed by atoms with Crippen molar-refractivity contribution in [2.24, 2.45) is 5.92 Å². The number of carbonyl (C=O) groups is 3. The maximum absolute atomic E-state index is 13.0. The zero-order valence-electron chi connectivity index (χ0n) is 24.7. The van der Waals surface area contributed by atoms with Crippen LogP contribution >= 0.6 is 0 Å². The third kappa shape index (κ3) is 9.03. The minimum absolute atomic E-state index is 0.166. The van der Waals surface area contributed by atoms with Gasteiger partial charge in [0.1, 0.15) is 11.3 Å². The predicted octanol–water partition coefficient (Wildman–Crippen LogP) is 6.52. The smallest absolute Gasteiger partial charge is 0.344 e. The molecule has 1 heterocycles. The highest BCUT2D eigenvalue weighted by Crippen LogP contribution is 2.27. The third-order valence-corrected chi connectivity index (χ3v) is 6.51. The van der Waals surface area contributed by atoms with Gasteiger partial charge in [-0.2, -0.15) is 0 Å². The summed E-state index contributed by atoms with van der Waals surface area (Å²) in [6.45, 7) is 14.6. The van der Waals surface area contributed by atoms with Crippen molar-refractivity contribution in [3.8, 4) is 16.9 Å². The molecule has 0 fully saturated rings. The second kappa shape index (κ2) is 15.0. The van der Waals surface area contributed by atoms with Crippen LogP contribution in [0.4, 0.5) is 0 Å². The highest BCUT2D eigenvalue weighted by Gasteiger charge is 2.14. The molecule has 42 heavy (non-hydrogen) atoms. The third-order valence-electron chi connectivity index (χ3n) is 6.51. The molecule has 8 heteroatoms. The maximum atomic E-state index is 13.0. The van der Waals surface area contributed by atoms with Gasteiger partial charge in [0.05, 0.1) is 24.7 Å². The van der Waals surface area contributed by atoms with Crippen molar-refractivity contribution in [1.29, 1.82) is 0 Å². The number of ether oxygens (including phenoxy) is 3. The van der Waals surface area contributed by atoms with Crippen LogP contribution in [0.15, 0.2) is 76.0 Å². The Kier molecular flexibility index (Phi) is 11.4. The van der Waals surface area contributed by atoms with E-state index >= 15 is 0 Å². The van der Waals surface area contributed by atoms with Crippen LogP contribution in [0.5, 0.6) is 5.75 Å². The number of aryl methyl sites for hydroxylation is 2. The van der Waals surface area contributed by atoms with Crippen molar-refractivity contribution in [2.45, 2.75) is 59.8 Å². The van der Waals surface area contributed by atoms with Gasteiger partial charge in [-0.15, -0.1) is 0 Å². The van der Waals surface area contributed by atoms with Gasteiger partial charge in [-0.1, -0.05) is 39.1 Å². The lowest BCUT2D eigenvalue weighted by Crippen LogP contribution is -2.12. The molecule has 0 atom stereocenters. The summed E-state index contributed by atoms with van der Waals surface area (Å²) in [4.78, 5) is 48.3. The fourth-order valence-corrected chi connectivity index (χ4v) is 4.13. The van der Waals surface area contributed by atoms with Gasteiger partial charge in [0, 0.05) is 16.5 Å². The number of carbonyl (C=O) groups excluding carboxylic acids is 3. The van der Waals surface area contributed by atoms with Gasteiger partial charge in [-0.3, -0.25) is 4.79 Å². The first-order chi connectivity index (χ1) is 20.0. The lowest BCUT2D eigenvalue weighted by Gasteiger charge is -2.13. The fourth-order valence-electron chi connectivity index (χ4n) is 4.13. The van der Waals surface area contributed by atoms with Gasteiger partial charge >= 0.3 is 23.5 Å². The van der Waals surface area contributed by atoms with E-state index in [1.807, 2.05) is 12.1 Å². The van der Waals surface area contributed by atoms with Gasteiger partial charge in [0.15, 0.2) is 0 Å². The van der Waals surface area contributed by atoms with E-state index in [0.717, 1.165) is 22.9 Å². The van der Waals surface area contributed by atoms with Gasteiger partial charge in [0.25, 0.3) is 0 Å². The zero-order valence-corrected chi connectivity index (χ0v) is 24.7. The lowest BCUT2D eigenvalue weighted by molar-refractivity contribution is -0.147. The normalized spacial score (nSPS) is 10.9. The van der Waals surface area contributed by atoms with Crippen LogP contribution in [-0.4, -0.2) is 31.1 Å². The predicted molar refractivity (Wildman–Crippen MR) is 161 cm³/mol. The molecule has 0 radical (unpaired) electrons. The Balaban J connectivity index is 1.83. The molecule has 0 amide bonds. The zero-order chi connectivity index (χ0) is 30.8. The van der Waals surface area contributed by atoms with Crippen molar-refractivity contribution in [2.75, 3.05) is 13.2 Å². The second-order valence-corrected chi connectivity index (χ2v) is 10.6. The summed E-state index contributed by atoms with van der Waals surface area (Å²) in [6, 6.07) is 12.3. The molecule has 0 aliphatic heterocycles. The quantitative estimate of drug-likeness (QED) is 0.0704. The molecule has 222 valence electrons. The number of rotatable bonds is 14. The molecule has 0 aliphatic rings. The SMILES string of the molecule is C=C(C)C(=O)OCCCc1cc2cc(-c3ccc(OC(=O)C(=C)C)cc3)c(=O)oc2cc1CCCCOC(=O)C(C)C. The van der Waals surface area contributed by atoms with Crippen molar-refractivity contribution in [3.63, 3.8) is 0 Å². The van der Waals surface area contributed by atoms with E-state index < -0.39 is 17.6 Å². The molecule has 0 N–H and O–H groups in total. The van der Waals surface area contributed by atoms with Crippen molar-refractivity contribution < 1.29 is 33.0 Å². The van der Waals surface area contributed by atoms with Crippen LogP contribution in [0.25, 0.3) is 22.1 Å². The van der Waals surface area contributed by atoms with E-state index in [2.05, 4.69) is 13.2 Å². The number of esters is 3. The Morgan fingerprint density at radius 2 is 1.43 bits per heavy atom. The number of unbranched alkanes of at least 4 members (excludes halogenated alkanes) is 1. The molecule has 3 aromatic rings. The van der Waals surface area contributed by atoms with E-state index in [9.17, 15) is 19.2 Å². The summed E-state index contributed by atoms with van der Waals surface area (Å²) in [5, 5.41) is 0.755. The molecule has 0 bridgehead atoms. The van der Waals surface area contributed by atoms with Crippen LogP contribution in [0, 0.1) is 5.92 Å².